The first-order valence-corrected chi connectivity index (χ1v) is 13.3. The Hall–Kier alpha value is -2.60. The quantitative estimate of drug-likeness (QED) is 0.370. The van der Waals surface area contributed by atoms with Gasteiger partial charge < -0.3 is 29.2 Å². The number of hydrogen-bond acceptors (Lipinski definition) is 8. The molecule has 0 spiro atoms. The standard InChI is InChI=1S/C26H44N2O10/c1-25(2,3)37-23(33)27-15-17(13-19(27)21(29)30)35-11-9-7-8-10-12-36-18-14-20(22(31)32)28(16-18)24(34)38-26(4,5)6/h17-20H,7-16H2,1-6H3,(H,29,30)(H,31,32)/t17-,18?,19+,20+/m1/s1. The Morgan fingerprint density at radius 3 is 1.29 bits per heavy atom. The fourth-order valence-corrected chi connectivity index (χ4v) is 4.41. The second kappa shape index (κ2) is 13.5. The van der Waals surface area contributed by atoms with Crippen LogP contribution in [0, 0.1) is 0 Å². The van der Waals surface area contributed by atoms with E-state index in [1.807, 2.05) is 0 Å². The zero-order valence-electron chi connectivity index (χ0n) is 23.4. The molecule has 2 heterocycles. The average molecular weight is 545 g/mol. The van der Waals surface area contributed by atoms with Gasteiger partial charge in [-0.1, -0.05) is 12.8 Å². The van der Waals surface area contributed by atoms with E-state index in [-0.39, 0.29) is 38.1 Å². The molecule has 2 fully saturated rings. The largest absolute Gasteiger partial charge is 0.480 e. The van der Waals surface area contributed by atoms with E-state index in [0.717, 1.165) is 25.7 Å². The molecule has 218 valence electrons. The van der Waals surface area contributed by atoms with Crippen LogP contribution in [0.3, 0.4) is 0 Å². The molecule has 2 amide bonds. The molecule has 12 nitrogen and oxygen atoms in total. The zero-order chi connectivity index (χ0) is 28.7. The summed E-state index contributed by atoms with van der Waals surface area (Å²) in [6, 6.07) is -1.93. The molecule has 2 N–H and O–H groups in total. The van der Waals surface area contributed by atoms with Gasteiger partial charge in [0, 0.05) is 26.1 Å². The van der Waals surface area contributed by atoms with Crippen LogP contribution in [-0.4, -0.2) is 106 Å². The highest BCUT2D eigenvalue weighted by molar-refractivity contribution is 5.81. The SMILES string of the molecule is CC(C)(C)OC(=O)N1CC(OCCCCCCO[C@@H]2C[C@@H](C(=O)O)N(C(=O)OC(C)(C)C)C2)C[C@H]1C(=O)O. The van der Waals surface area contributed by atoms with E-state index in [2.05, 4.69) is 0 Å². The lowest BCUT2D eigenvalue weighted by Gasteiger charge is -2.26. The minimum absolute atomic E-state index is 0.179. The van der Waals surface area contributed by atoms with Crippen LogP contribution in [0.15, 0.2) is 0 Å². The van der Waals surface area contributed by atoms with Crippen LogP contribution in [0.1, 0.15) is 80.1 Å². The molecule has 2 saturated heterocycles. The number of rotatable bonds is 11. The topological polar surface area (TPSA) is 152 Å². The summed E-state index contributed by atoms with van der Waals surface area (Å²) in [6.07, 6.45) is 1.73. The highest BCUT2D eigenvalue weighted by Crippen LogP contribution is 2.25. The number of likely N-dealkylation sites (tertiary alicyclic amines) is 2. The maximum atomic E-state index is 12.4. The first-order valence-electron chi connectivity index (χ1n) is 13.3. The van der Waals surface area contributed by atoms with Crippen molar-refractivity contribution in [2.75, 3.05) is 26.3 Å². The van der Waals surface area contributed by atoms with Gasteiger partial charge in [-0.05, 0) is 54.4 Å². The minimum Gasteiger partial charge on any atom is -0.480 e. The van der Waals surface area contributed by atoms with E-state index < -0.39 is 47.4 Å². The predicted octanol–water partition coefficient (Wildman–Crippen LogP) is 3.51. The second-order valence-corrected chi connectivity index (χ2v) is 11.8. The van der Waals surface area contributed by atoms with E-state index in [9.17, 15) is 29.4 Å². The van der Waals surface area contributed by atoms with Gasteiger partial charge in [0.15, 0.2) is 0 Å². The van der Waals surface area contributed by atoms with Gasteiger partial charge in [0.05, 0.1) is 25.3 Å². The Bertz CT molecular complexity index is 767. The lowest BCUT2D eigenvalue weighted by Crippen LogP contribution is -2.43. The molecule has 2 rings (SSSR count). The van der Waals surface area contributed by atoms with Crippen LogP contribution < -0.4 is 0 Å². The molecule has 0 saturated carbocycles. The number of carboxylic acids is 2. The second-order valence-electron chi connectivity index (χ2n) is 11.8. The molecule has 1 unspecified atom stereocenters. The van der Waals surface area contributed by atoms with Crippen molar-refractivity contribution in [3.8, 4) is 0 Å². The number of carbonyl (C=O) groups is 4. The summed E-state index contributed by atoms with van der Waals surface area (Å²) in [5.74, 6) is -2.15. The molecule has 0 aromatic carbocycles. The monoisotopic (exact) mass is 544 g/mol. The normalized spacial score (nSPS) is 23.9. The Kier molecular flexibility index (Phi) is 11.2. The van der Waals surface area contributed by atoms with Crippen LogP contribution in [0.5, 0.6) is 0 Å². The van der Waals surface area contributed by atoms with E-state index in [1.165, 1.54) is 9.80 Å². The molecular weight excluding hydrogens is 500 g/mol. The first-order chi connectivity index (χ1) is 17.6. The van der Waals surface area contributed by atoms with Gasteiger partial charge in [-0.3, -0.25) is 9.80 Å². The Morgan fingerprint density at radius 1 is 0.658 bits per heavy atom. The molecule has 2 aliphatic rings. The van der Waals surface area contributed by atoms with Crippen LogP contribution in [-0.2, 0) is 28.5 Å². The van der Waals surface area contributed by atoms with Crippen LogP contribution in [0.2, 0.25) is 0 Å². The molecule has 0 aromatic heterocycles. The summed E-state index contributed by atoms with van der Waals surface area (Å²) < 4.78 is 22.3. The third kappa shape index (κ3) is 10.3. The van der Waals surface area contributed by atoms with Gasteiger partial charge in [-0.25, -0.2) is 19.2 Å². The van der Waals surface area contributed by atoms with Crippen molar-refractivity contribution >= 4 is 24.1 Å². The lowest BCUT2D eigenvalue weighted by atomic mass is 10.2. The third-order valence-corrected chi connectivity index (χ3v) is 6.10. The summed E-state index contributed by atoms with van der Waals surface area (Å²) >= 11 is 0. The summed E-state index contributed by atoms with van der Waals surface area (Å²) in [5.41, 5.74) is -1.42. The molecule has 2 aliphatic heterocycles. The van der Waals surface area contributed by atoms with Crippen molar-refractivity contribution in [3.05, 3.63) is 0 Å². The lowest BCUT2D eigenvalue weighted by molar-refractivity contribution is -0.142. The van der Waals surface area contributed by atoms with Gasteiger partial charge in [0.2, 0.25) is 0 Å². The third-order valence-electron chi connectivity index (χ3n) is 6.10. The highest BCUT2D eigenvalue weighted by Gasteiger charge is 2.43. The van der Waals surface area contributed by atoms with E-state index in [1.54, 1.807) is 41.5 Å². The molecule has 38 heavy (non-hydrogen) atoms. The van der Waals surface area contributed by atoms with Gasteiger partial charge in [0.25, 0.3) is 0 Å². The summed E-state index contributed by atoms with van der Waals surface area (Å²) in [5, 5.41) is 19.0. The molecule has 0 bridgehead atoms. The number of hydrogen-bond donors (Lipinski definition) is 2. The Balaban J connectivity index is 1.64. The number of amides is 2. The highest BCUT2D eigenvalue weighted by atomic mass is 16.6. The van der Waals surface area contributed by atoms with Gasteiger partial charge in [-0.2, -0.15) is 0 Å². The van der Waals surface area contributed by atoms with Crippen LogP contribution in [0.4, 0.5) is 9.59 Å². The number of carboxylic acid groups (broad SMARTS) is 2. The van der Waals surface area contributed by atoms with E-state index in [0.29, 0.717) is 13.2 Å². The van der Waals surface area contributed by atoms with Crippen molar-refractivity contribution in [1.29, 1.82) is 0 Å². The Morgan fingerprint density at radius 2 is 1.00 bits per heavy atom. The average Bonchev–Trinajstić information content (AvgIpc) is 3.38. The van der Waals surface area contributed by atoms with Gasteiger partial charge >= 0.3 is 24.1 Å². The van der Waals surface area contributed by atoms with E-state index >= 15 is 0 Å². The summed E-state index contributed by atoms with van der Waals surface area (Å²) in [7, 11) is 0. The number of nitrogens with zero attached hydrogens (tertiary/aromatic N) is 2. The number of unbranched alkanes of at least 4 members (excludes halogenated alkanes) is 3. The van der Waals surface area contributed by atoms with Crippen molar-refractivity contribution < 1.29 is 48.3 Å². The van der Waals surface area contributed by atoms with Crippen LogP contribution in [0.25, 0.3) is 0 Å². The molecule has 0 aliphatic carbocycles. The maximum absolute atomic E-state index is 12.4. The van der Waals surface area contributed by atoms with Crippen molar-refractivity contribution in [2.24, 2.45) is 0 Å². The van der Waals surface area contributed by atoms with Crippen LogP contribution >= 0.6 is 0 Å². The fraction of sp³-hybridized carbons (Fsp3) is 0.846. The zero-order valence-corrected chi connectivity index (χ0v) is 23.4. The maximum Gasteiger partial charge on any atom is 0.411 e. The van der Waals surface area contributed by atoms with Crippen molar-refractivity contribution in [1.82, 2.24) is 9.80 Å². The number of aliphatic carboxylic acids is 2. The van der Waals surface area contributed by atoms with Crippen molar-refractivity contribution in [2.45, 2.75) is 116 Å². The number of carbonyl (C=O) groups excluding carboxylic acids is 2. The van der Waals surface area contributed by atoms with E-state index in [4.69, 9.17) is 18.9 Å². The minimum atomic E-state index is -1.08. The predicted molar refractivity (Wildman–Crippen MR) is 136 cm³/mol. The van der Waals surface area contributed by atoms with Crippen molar-refractivity contribution in [3.63, 3.8) is 0 Å². The van der Waals surface area contributed by atoms with Gasteiger partial charge in [-0.15, -0.1) is 0 Å². The summed E-state index contributed by atoms with van der Waals surface area (Å²) in [6.45, 7) is 11.6. The summed E-state index contributed by atoms with van der Waals surface area (Å²) in [4.78, 5) is 50.3. The Labute approximate surface area is 224 Å². The number of ether oxygens (including phenoxy) is 4. The molecule has 12 heteroatoms. The molecule has 0 aromatic rings. The first kappa shape index (κ1) is 31.6. The molecule has 4 atom stereocenters. The fourth-order valence-electron chi connectivity index (χ4n) is 4.41. The smallest absolute Gasteiger partial charge is 0.411 e. The van der Waals surface area contributed by atoms with Gasteiger partial charge in [0.1, 0.15) is 23.3 Å². The molecule has 0 radical (unpaired) electrons. The molecular formula is C26H44N2O10.